The van der Waals surface area contributed by atoms with E-state index in [0.717, 1.165) is 16.2 Å². The molecule has 0 nitrogen and oxygen atoms in total. The summed E-state index contributed by atoms with van der Waals surface area (Å²) in [6, 6.07) is 15.0. The quantitative estimate of drug-likeness (QED) is 0.0965. The summed E-state index contributed by atoms with van der Waals surface area (Å²) in [6.45, 7) is 0. The average molecular weight is 530 g/mol. The zero-order valence-corrected chi connectivity index (χ0v) is 19.2. The summed E-state index contributed by atoms with van der Waals surface area (Å²) in [7, 11) is -3.23. The molecule has 0 saturated heterocycles. The molecule has 0 unspecified atom stereocenters. The van der Waals surface area contributed by atoms with Crippen LogP contribution in [-0.4, -0.2) is 0 Å². The van der Waals surface area contributed by atoms with Crippen molar-refractivity contribution in [2.24, 2.45) is 0 Å². The van der Waals surface area contributed by atoms with E-state index in [9.17, 15) is 17.6 Å². The molecule has 0 fully saturated rings. The summed E-state index contributed by atoms with van der Waals surface area (Å²) in [5.74, 6) is -15.0. The molecule has 0 heterocycles. The monoisotopic (exact) mass is 530 g/mol. The van der Waals surface area contributed by atoms with Crippen molar-refractivity contribution in [2.75, 3.05) is 0 Å². The molecule has 0 aliphatic heterocycles. The van der Waals surface area contributed by atoms with Gasteiger partial charge >= 0.3 is 0 Å². The van der Waals surface area contributed by atoms with E-state index in [1.807, 2.05) is 24.3 Å². The Hall–Kier alpha value is -3.77. The molecule has 184 valence electrons. The third kappa shape index (κ3) is 3.39. The van der Waals surface area contributed by atoms with Crippen LogP contribution < -0.4 is 15.9 Å². The molecule has 6 aromatic carbocycles. The Morgan fingerprint density at radius 2 is 0.838 bits per heavy atom. The Bertz CT molecular complexity index is 1750. The third-order valence-electron chi connectivity index (χ3n) is 6.37. The molecule has 0 bridgehead atoms. The highest BCUT2D eigenvalue weighted by Gasteiger charge is 2.36. The molecular formula is C28H11F8P. The molecule has 37 heavy (non-hydrogen) atoms. The Morgan fingerprint density at radius 3 is 1.32 bits per heavy atom. The van der Waals surface area contributed by atoms with Gasteiger partial charge in [0.2, 0.25) is 0 Å². The van der Waals surface area contributed by atoms with Crippen LogP contribution in [-0.2, 0) is 0 Å². The largest absolute Gasteiger partial charge is 0.204 e. The predicted molar refractivity (Wildman–Crippen MR) is 129 cm³/mol. The molecule has 6 aromatic rings. The first-order valence-corrected chi connectivity index (χ1v) is 12.2. The van der Waals surface area contributed by atoms with Crippen LogP contribution in [0.1, 0.15) is 0 Å². The van der Waals surface area contributed by atoms with E-state index >= 15 is 17.6 Å². The van der Waals surface area contributed by atoms with Crippen molar-refractivity contribution in [3.8, 4) is 0 Å². The number of hydrogen-bond acceptors (Lipinski definition) is 0. The van der Waals surface area contributed by atoms with Crippen LogP contribution in [0.15, 0.2) is 66.7 Å². The zero-order chi connectivity index (χ0) is 26.2. The second kappa shape index (κ2) is 8.38. The van der Waals surface area contributed by atoms with Gasteiger partial charge in [-0.05, 0) is 37.6 Å². The highest BCUT2D eigenvalue weighted by Crippen LogP contribution is 2.43. The van der Waals surface area contributed by atoms with Gasteiger partial charge in [0.25, 0.3) is 0 Å². The third-order valence-corrected chi connectivity index (χ3v) is 8.92. The summed E-state index contributed by atoms with van der Waals surface area (Å²) < 4.78 is 118. The van der Waals surface area contributed by atoms with Gasteiger partial charge in [0, 0.05) is 20.1 Å². The predicted octanol–water partition coefficient (Wildman–Crippen LogP) is 7.46. The minimum Gasteiger partial charge on any atom is -0.204 e. The lowest BCUT2D eigenvalue weighted by Gasteiger charge is -2.24. The molecule has 0 aliphatic rings. The maximum atomic E-state index is 15.1. The van der Waals surface area contributed by atoms with E-state index in [2.05, 4.69) is 0 Å². The molecule has 0 aromatic heterocycles. The first-order valence-electron chi connectivity index (χ1n) is 10.8. The average Bonchev–Trinajstić information content (AvgIpc) is 2.89. The van der Waals surface area contributed by atoms with E-state index in [-0.39, 0.29) is 22.8 Å². The molecule has 0 N–H and O–H groups in total. The standard InChI is InChI=1S/C28H11F8P/c29-16-10-17(30)24(34)27(23(16)33)37(28-25(35)18(31)11-19(32)26(28)36)20-9-7-14-5-4-12-2-1-3-13-6-8-15(20)22(14)21(12)13/h1-11H. The normalized spacial score (nSPS) is 12.0. The Kier molecular flexibility index (Phi) is 5.35. The summed E-state index contributed by atoms with van der Waals surface area (Å²) in [4.78, 5) is 0. The molecule has 6 rings (SSSR count). The van der Waals surface area contributed by atoms with E-state index in [4.69, 9.17) is 0 Å². The van der Waals surface area contributed by atoms with Crippen LogP contribution >= 0.6 is 7.92 Å². The summed E-state index contributed by atoms with van der Waals surface area (Å²) in [5, 5.41) is 0.918. The topological polar surface area (TPSA) is 0 Å². The van der Waals surface area contributed by atoms with Crippen molar-refractivity contribution < 1.29 is 35.1 Å². The Morgan fingerprint density at radius 1 is 0.432 bits per heavy atom. The SMILES string of the molecule is Fc1cc(F)c(F)c(P(c2c(F)c(F)cc(F)c2F)c2ccc3ccc4cccc5ccc2c3c45)c1F. The smallest absolute Gasteiger partial charge is 0.170 e. The van der Waals surface area contributed by atoms with Crippen molar-refractivity contribution in [2.45, 2.75) is 0 Å². The molecule has 0 aliphatic carbocycles. The van der Waals surface area contributed by atoms with Gasteiger partial charge in [0.15, 0.2) is 46.5 Å². The van der Waals surface area contributed by atoms with Crippen molar-refractivity contribution in [3.05, 3.63) is 113 Å². The van der Waals surface area contributed by atoms with Crippen molar-refractivity contribution in [1.29, 1.82) is 0 Å². The van der Waals surface area contributed by atoms with Crippen LogP contribution in [0.3, 0.4) is 0 Å². The van der Waals surface area contributed by atoms with E-state index < -0.39 is 65.1 Å². The molecular weight excluding hydrogens is 519 g/mol. The lowest BCUT2D eigenvalue weighted by molar-refractivity contribution is 0.461. The van der Waals surface area contributed by atoms with Gasteiger partial charge in [0.1, 0.15) is 0 Å². The second-order valence-corrected chi connectivity index (χ2v) is 10.5. The first-order chi connectivity index (χ1) is 17.7. The Labute approximate surface area is 204 Å². The zero-order valence-electron chi connectivity index (χ0n) is 18.3. The highest BCUT2D eigenvalue weighted by atomic mass is 31.1. The van der Waals surface area contributed by atoms with Gasteiger partial charge in [-0.1, -0.05) is 54.6 Å². The van der Waals surface area contributed by atoms with E-state index in [0.29, 0.717) is 10.8 Å². The van der Waals surface area contributed by atoms with Crippen LogP contribution in [0.4, 0.5) is 35.1 Å². The minimum absolute atomic E-state index is 0.0509. The fourth-order valence-electron chi connectivity index (χ4n) is 4.78. The van der Waals surface area contributed by atoms with Gasteiger partial charge in [-0.2, -0.15) is 0 Å². The summed E-state index contributed by atoms with van der Waals surface area (Å²) in [6.07, 6.45) is 0. The molecule has 0 saturated carbocycles. The molecule has 0 spiro atoms. The van der Waals surface area contributed by atoms with Crippen LogP contribution in [0.2, 0.25) is 0 Å². The van der Waals surface area contributed by atoms with Crippen molar-refractivity contribution in [1.82, 2.24) is 0 Å². The number of benzene rings is 6. The highest BCUT2D eigenvalue weighted by molar-refractivity contribution is 7.80. The van der Waals surface area contributed by atoms with Crippen molar-refractivity contribution >= 4 is 56.2 Å². The fourth-order valence-corrected chi connectivity index (χ4v) is 7.35. The number of rotatable bonds is 3. The van der Waals surface area contributed by atoms with Gasteiger partial charge < -0.3 is 0 Å². The maximum Gasteiger partial charge on any atom is 0.170 e. The van der Waals surface area contributed by atoms with Gasteiger partial charge in [-0.15, -0.1) is 0 Å². The number of hydrogen-bond donors (Lipinski definition) is 0. The molecule has 9 heteroatoms. The lowest BCUT2D eigenvalue weighted by Crippen LogP contribution is -2.32. The van der Waals surface area contributed by atoms with Crippen LogP contribution in [0, 0.1) is 46.5 Å². The summed E-state index contributed by atoms with van der Waals surface area (Å²) >= 11 is 0. The summed E-state index contributed by atoms with van der Waals surface area (Å²) in [5.41, 5.74) is 0. The maximum absolute atomic E-state index is 15.1. The van der Waals surface area contributed by atoms with Gasteiger partial charge in [-0.3, -0.25) is 0 Å². The van der Waals surface area contributed by atoms with E-state index in [1.165, 1.54) is 18.2 Å². The van der Waals surface area contributed by atoms with Gasteiger partial charge in [-0.25, -0.2) is 35.1 Å². The second-order valence-electron chi connectivity index (χ2n) is 8.41. The lowest BCUT2D eigenvalue weighted by atomic mass is 9.94. The molecule has 0 radical (unpaired) electrons. The fraction of sp³-hybridized carbons (Fsp3) is 0. The number of halogens is 8. The van der Waals surface area contributed by atoms with Crippen LogP contribution in [0.5, 0.6) is 0 Å². The van der Waals surface area contributed by atoms with Gasteiger partial charge in [0.05, 0.1) is 10.6 Å². The minimum atomic E-state index is -3.23. The van der Waals surface area contributed by atoms with Crippen molar-refractivity contribution in [3.63, 3.8) is 0 Å². The molecule has 0 amide bonds. The molecule has 0 atom stereocenters. The van der Waals surface area contributed by atoms with Crippen LogP contribution in [0.25, 0.3) is 32.3 Å². The van der Waals surface area contributed by atoms with E-state index in [1.54, 1.807) is 12.1 Å². The first kappa shape index (κ1) is 23.6. The Balaban J connectivity index is 1.82.